The lowest BCUT2D eigenvalue weighted by molar-refractivity contribution is 0.504. The van der Waals surface area contributed by atoms with Crippen LogP contribution in [0, 0.1) is 5.92 Å². The van der Waals surface area contributed by atoms with Crippen LogP contribution in [0.4, 0.5) is 0 Å². The normalized spacial score (nSPS) is 17.4. The number of hydrogen-bond donors (Lipinski definition) is 1. The molecule has 1 heteroatoms. The van der Waals surface area contributed by atoms with Gasteiger partial charge in [0.15, 0.2) is 0 Å². The zero-order valence-corrected chi connectivity index (χ0v) is 5.72. The predicted octanol–water partition coefficient (Wildman–Crippen LogP) is 1.55. The summed E-state index contributed by atoms with van der Waals surface area (Å²) in [6, 6.07) is 0.181. The van der Waals surface area contributed by atoms with E-state index in [1.807, 2.05) is 0 Å². The third-order valence-electron chi connectivity index (χ3n) is 1.57. The Morgan fingerprint density at radius 3 is 2.38 bits per heavy atom. The molecule has 0 rings (SSSR count). The van der Waals surface area contributed by atoms with E-state index in [9.17, 15) is 0 Å². The van der Waals surface area contributed by atoms with Gasteiger partial charge in [0.1, 0.15) is 0 Å². The summed E-state index contributed by atoms with van der Waals surface area (Å²) in [5.41, 5.74) is 5.61. The van der Waals surface area contributed by atoms with Crippen LogP contribution in [0.2, 0.25) is 0 Å². The summed E-state index contributed by atoms with van der Waals surface area (Å²) in [6.07, 6.45) is 2.93. The van der Waals surface area contributed by atoms with Crippen LogP contribution >= 0.6 is 0 Å². The third-order valence-corrected chi connectivity index (χ3v) is 1.57. The van der Waals surface area contributed by atoms with E-state index in [2.05, 4.69) is 20.4 Å². The van der Waals surface area contributed by atoms with E-state index in [0.717, 1.165) is 6.42 Å². The van der Waals surface area contributed by atoms with Gasteiger partial charge in [-0.25, -0.2) is 0 Å². The molecule has 0 heterocycles. The zero-order valence-electron chi connectivity index (χ0n) is 5.72. The first kappa shape index (κ1) is 7.70. The molecule has 0 aromatic carbocycles. The molecule has 0 aromatic heterocycles. The van der Waals surface area contributed by atoms with Gasteiger partial charge >= 0.3 is 0 Å². The topological polar surface area (TPSA) is 26.0 Å². The van der Waals surface area contributed by atoms with Gasteiger partial charge in [-0.05, 0) is 5.92 Å². The maximum absolute atomic E-state index is 5.61. The Kier molecular flexibility index (Phi) is 3.53. The highest BCUT2D eigenvalue weighted by Crippen LogP contribution is 2.04. The van der Waals surface area contributed by atoms with Crippen LogP contribution in [0.5, 0.6) is 0 Å². The molecule has 0 saturated heterocycles. The van der Waals surface area contributed by atoms with Crippen molar-refractivity contribution >= 4 is 0 Å². The minimum Gasteiger partial charge on any atom is -0.324 e. The van der Waals surface area contributed by atoms with Crippen molar-refractivity contribution in [1.82, 2.24) is 0 Å². The fourth-order valence-corrected chi connectivity index (χ4v) is 0.504. The summed E-state index contributed by atoms with van der Waals surface area (Å²) in [5, 5.41) is 0. The highest BCUT2D eigenvalue weighted by atomic mass is 14.6. The molecule has 0 spiro atoms. The maximum Gasteiger partial charge on any atom is 0.0247 e. The Labute approximate surface area is 51.6 Å². The molecule has 0 aliphatic rings. The van der Waals surface area contributed by atoms with Crippen molar-refractivity contribution in [2.24, 2.45) is 11.7 Å². The Hall–Kier alpha value is -0.300. The van der Waals surface area contributed by atoms with Gasteiger partial charge in [0, 0.05) is 6.04 Å². The van der Waals surface area contributed by atoms with Crippen molar-refractivity contribution in [3.05, 3.63) is 12.7 Å². The number of rotatable bonds is 3. The molecule has 0 fully saturated rings. The zero-order chi connectivity index (χ0) is 6.57. The first-order valence-electron chi connectivity index (χ1n) is 3.10. The third kappa shape index (κ3) is 2.12. The van der Waals surface area contributed by atoms with Crippen LogP contribution in [0.1, 0.15) is 20.3 Å². The molecule has 1 nitrogen and oxygen atoms in total. The summed E-state index contributed by atoms with van der Waals surface area (Å²) in [4.78, 5) is 0. The van der Waals surface area contributed by atoms with Gasteiger partial charge in [0.05, 0.1) is 0 Å². The molecule has 0 bridgehead atoms. The van der Waals surface area contributed by atoms with Crippen LogP contribution in [-0.2, 0) is 0 Å². The second kappa shape index (κ2) is 3.67. The molecule has 2 N–H and O–H groups in total. The molecule has 2 unspecified atom stereocenters. The van der Waals surface area contributed by atoms with Gasteiger partial charge in [0.25, 0.3) is 0 Å². The number of hydrogen-bond acceptors (Lipinski definition) is 1. The average molecular weight is 113 g/mol. The molecule has 0 saturated carbocycles. The molecule has 0 amide bonds. The average Bonchev–Trinajstić information content (AvgIpc) is 1.84. The minimum atomic E-state index is 0.181. The lowest BCUT2D eigenvalue weighted by Gasteiger charge is -2.12. The SMILES string of the molecule is C=CC(N)C(C)CC. The standard InChI is InChI=1S/C7H15N/c1-4-6(3)7(8)5-2/h5-7H,2,4,8H2,1,3H3. The number of nitrogens with two attached hydrogens (primary N) is 1. The van der Waals surface area contributed by atoms with Gasteiger partial charge in [-0.1, -0.05) is 26.3 Å². The van der Waals surface area contributed by atoms with Crippen molar-refractivity contribution in [3.63, 3.8) is 0 Å². The van der Waals surface area contributed by atoms with Gasteiger partial charge in [-0.15, -0.1) is 6.58 Å². The van der Waals surface area contributed by atoms with E-state index in [-0.39, 0.29) is 6.04 Å². The van der Waals surface area contributed by atoms with Gasteiger partial charge in [-0.3, -0.25) is 0 Å². The maximum atomic E-state index is 5.61. The summed E-state index contributed by atoms with van der Waals surface area (Å²) >= 11 is 0. The predicted molar refractivity (Wildman–Crippen MR) is 37.6 cm³/mol. The van der Waals surface area contributed by atoms with Crippen molar-refractivity contribution in [1.29, 1.82) is 0 Å². The Morgan fingerprint density at radius 2 is 2.25 bits per heavy atom. The monoisotopic (exact) mass is 113 g/mol. The van der Waals surface area contributed by atoms with Crippen molar-refractivity contribution in [2.75, 3.05) is 0 Å². The summed E-state index contributed by atoms with van der Waals surface area (Å²) in [7, 11) is 0. The van der Waals surface area contributed by atoms with Crippen LogP contribution in [0.25, 0.3) is 0 Å². The Morgan fingerprint density at radius 1 is 1.75 bits per heavy atom. The molecule has 0 aromatic rings. The van der Waals surface area contributed by atoms with E-state index in [1.165, 1.54) is 0 Å². The van der Waals surface area contributed by atoms with Crippen molar-refractivity contribution in [3.8, 4) is 0 Å². The van der Waals surface area contributed by atoms with Gasteiger partial charge in [0.2, 0.25) is 0 Å². The fraction of sp³-hybridized carbons (Fsp3) is 0.714. The first-order chi connectivity index (χ1) is 3.72. The minimum absolute atomic E-state index is 0.181. The van der Waals surface area contributed by atoms with E-state index >= 15 is 0 Å². The van der Waals surface area contributed by atoms with Gasteiger partial charge < -0.3 is 5.73 Å². The molecular formula is C7H15N. The molecule has 0 aliphatic carbocycles. The molecule has 8 heavy (non-hydrogen) atoms. The van der Waals surface area contributed by atoms with Crippen LogP contribution in [-0.4, -0.2) is 6.04 Å². The largest absolute Gasteiger partial charge is 0.324 e. The summed E-state index contributed by atoms with van der Waals surface area (Å²) in [6.45, 7) is 7.87. The Bertz CT molecular complexity index is 68.8. The summed E-state index contributed by atoms with van der Waals surface area (Å²) in [5.74, 6) is 0.576. The van der Waals surface area contributed by atoms with E-state index in [4.69, 9.17) is 5.73 Å². The quantitative estimate of drug-likeness (QED) is 0.552. The van der Waals surface area contributed by atoms with Gasteiger partial charge in [-0.2, -0.15) is 0 Å². The lowest BCUT2D eigenvalue weighted by Crippen LogP contribution is -2.24. The van der Waals surface area contributed by atoms with E-state index in [1.54, 1.807) is 6.08 Å². The van der Waals surface area contributed by atoms with E-state index < -0.39 is 0 Å². The first-order valence-corrected chi connectivity index (χ1v) is 3.10. The molecule has 48 valence electrons. The van der Waals surface area contributed by atoms with Crippen LogP contribution in [0.3, 0.4) is 0 Å². The lowest BCUT2D eigenvalue weighted by atomic mass is 10.0. The smallest absolute Gasteiger partial charge is 0.0247 e. The van der Waals surface area contributed by atoms with E-state index in [0.29, 0.717) is 5.92 Å². The van der Waals surface area contributed by atoms with Crippen molar-refractivity contribution in [2.45, 2.75) is 26.3 Å². The molecule has 0 radical (unpaired) electrons. The summed E-state index contributed by atoms with van der Waals surface area (Å²) < 4.78 is 0. The fourth-order valence-electron chi connectivity index (χ4n) is 0.504. The van der Waals surface area contributed by atoms with Crippen molar-refractivity contribution < 1.29 is 0 Å². The second-order valence-electron chi connectivity index (χ2n) is 2.20. The molecule has 0 aliphatic heterocycles. The highest BCUT2D eigenvalue weighted by Gasteiger charge is 2.03. The molecular weight excluding hydrogens is 98.1 g/mol. The molecule has 2 atom stereocenters. The second-order valence-corrected chi connectivity index (χ2v) is 2.20. The highest BCUT2D eigenvalue weighted by molar-refractivity contribution is 4.85. The van der Waals surface area contributed by atoms with Crippen LogP contribution in [0.15, 0.2) is 12.7 Å². The van der Waals surface area contributed by atoms with Crippen LogP contribution < -0.4 is 5.73 Å². The Balaban J connectivity index is 3.44.